The number of aryl methyl sites for hydroxylation is 1. The molecule has 1 aromatic heterocycles. The fourth-order valence-corrected chi connectivity index (χ4v) is 2.04. The summed E-state index contributed by atoms with van der Waals surface area (Å²) in [6.07, 6.45) is 0. The molecule has 0 aliphatic rings. The second-order valence-corrected chi connectivity index (χ2v) is 4.35. The molecule has 0 amide bonds. The van der Waals surface area contributed by atoms with E-state index in [1.807, 2.05) is 49.4 Å². The van der Waals surface area contributed by atoms with Crippen LogP contribution in [-0.2, 0) is 6.54 Å². The van der Waals surface area contributed by atoms with Crippen LogP contribution in [0.2, 0.25) is 0 Å². The third-order valence-corrected chi connectivity index (χ3v) is 3.02. The van der Waals surface area contributed by atoms with Crippen molar-refractivity contribution in [1.29, 1.82) is 0 Å². The van der Waals surface area contributed by atoms with E-state index in [1.165, 1.54) is 0 Å². The lowest BCUT2D eigenvalue weighted by Crippen LogP contribution is -1.95. The molecule has 0 unspecified atom stereocenters. The van der Waals surface area contributed by atoms with Gasteiger partial charge in [-0.05, 0) is 36.2 Å². The summed E-state index contributed by atoms with van der Waals surface area (Å²) in [6, 6.07) is 13.9. The van der Waals surface area contributed by atoms with Gasteiger partial charge in [-0.1, -0.05) is 24.3 Å². The Balaban J connectivity index is 2.16. The quantitative estimate of drug-likeness (QED) is 0.745. The molecule has 90 valence electrons. The fraction of sp³-hybridized carbons (Fsp3) is 0.133. The van der Waals surface area contributed by atoms with Gasteiger partial charge in [-0.25, -0.2) is 4.98 Å². The molecule has 0 saturated heterocycles. The number of rotatable bonds is 2. The van der Waals surface area contributed by atoms with Crippen LogP contribution in [0.25, 0.3) is 22.6 Å². The minimum atomic E-state index is 0.521. The molecule has 3 rings (SSSR count). The topological polar surface area (TPSA) is 52.0 Å². The molecule has 3 heteroatoms. The first-order chi connectivity index (χ1) is 8.78. The van der Waals surface area contributed by atoms with Crippen LogP contribution in [0.5, 0.6) is 0 Å². The van der Waals surface area contributed by atoms with Gasteiger partial charge in [-0.3, -0.25) is 0 Å². The van der Waals surface area contributed by atoms with Crippen molar-refractivity contribution >= 4 is 11.1 Å². The van der Waals surface area contributed by atoms with Crippen molar-refractivity contribution in [2.75, 3.05) is 0 Å². The maximum absolute atomic E-state index is 5.83. The fourth-order valence-electron chi connectivity index (χ4n) is 2.04. The third kappa shape index (κ3) is 1.79. The SMILES string of the molecule is Cc1cccc2nc(-c3cccc(CN)c3)oc12. The Bertz CT molecular complexity index is 701. The second-order valence-electron chi connectivity index (χ2n) is 4.35. The van der Waals surface area contributed by atoms with E-state index in [0.717, 1.165) is 27.8 Å². The lowest BCUT2D eigenvalue weighted by Gasteiger charge is -1.98. The summed E-state index contributed by atoms with van der Waals surface area (Å²) < 4.78 is 5.83. The average molecular weight is 238 g/mol. The highest BCUT2D eigenvalue weighted by molar-refractivity contribution is 5.79. The number of nitrogens with two attached hydrogens (primary N) is 1. The van der Waals surface area contributed by atoms with E-state index in [0.29, 0.717) is 12.4 Å². The number of aromatic nitrogens is 1. The molecule has 0 aliphatic carbocycles. The Hall–Kier alpha value is -2.13. The Morgan fingerprint density at radius 3 is 2.78 bits per heavy atom. The minimum absolute atomic E-state index is 0.521. The van der Waals surface area contributed by atoms with Gasteiger partial charge in [-0.15, -0.1) is 0 Å². The number of benzene rings is 2. The first-order valence-electron chi connectivity index (χ1n) is 5.93. The van der Waals surface area contributed by atoms with Crippen molar-refractivity contribution in [3.63, 3.8) is 0 Å². The summed E-state index contributed by atoms with van der Waals surface area (Å²) in [6.45, 7) is 2.54. The largest absolute Gasteiger partial charge is 0.436 e. The molecule has 0 bridgehead atoms. The zero-order valence-corrected chi connectivity index (χ0v) is 10.2. The van der Waals surface area contributed by atoms with Crippen LogP contribution in [0, 0.1) is 6.92 Å². The Morgan fingerprint density at radius 2 is 2.00 bits per heavy atom. The molecule has 0 atom stereocenters. The molecular formula is C15H14N2O. The van der Waals surface area contributed by atoms with Crippen molar-refractivity contribution in [2.24, 2.45) is 5.73 Å². The Labute approximate surface area is 105 Å². The van der Waals surface area contributed by atoms with Crippen LogP contribution in [0.3, 0.4) is 0 Å². The number of nitrogens with zero attached hydrogens (tertiary/aromatic N) is 1. The summed E-state index contributed by atoms with van der Waals surface area (Å²) in [7, 11) is 0. The first-order valence-corrected chi connectivity index (χ1v) is 5.93. The summed E-state index contributed by atoms with van der Waals surface area (Å²) in [4.78, 5) is 4.51. The average Bonchev–Trinajstić information content (AvgIpc) is 2.84. The molecule has 0 saturated carbocycles. The first kappa shape index (κ1) is 11.0. The molecule has 3 aromatic rings. The predicted molar refractivity (Wildman–Crippen MR) is 72.1 cm³/mol. The summed E-state index contributed by atoms with van der Waals surface area (Å²) in [5.41, 5.74) is 10.5. The van der Waals surface area contributed by atoms with E-state index in [-0.39, 0.29) is 0 Å². The Kier molecular flexibility index (Phi) is 2.61. The van der Waals surface area contributed by atoms with Crippen LogP contribution < -0.4 is 5.73 Å². The number of hydrogen-bond acceptors (Lipinski definition) is 3. The van der Waals surface area contributed by atoms with Crippen LogP contribution in [0.4, 0.5) is 0 Å². The normalized spacial score (nSPS) is 11.0. The molecule has 0 radical (unpaired) electrons. The van der Waals surface area contributed by atoms with Crippen molar-refractivity contribution in [3.8, 4) is 11.5 Å². The Morgan fingerprint density at radius 1 is 1.17 bits per heavy atom. The van der Waals surface area contributed by atoms with E-state index in [2.05, 4.69) is 4.98 Å². The van der Waals surface area contributed by atoms with Crippen LogP contribution >= 0.6 is 0 Å². The molecular weight excluding hydrogens is 224 g/mol. The van der Waals surface area contributed by atoms with Crippen molar-refractivity contribution < 1.29 is 4.42 Å². The summed E-state index contributed by atoms with van der Waals surface area (Å²) in [5.74, 6) is 0.648. The van der Waals surface area contributed by atoms with Gasteiger partial charge in [0.15, 0.2) is 5.58 Å². The van der Waals surface area contributed by atoms with E-state index < -0.39 is 0 Å². The molecule has 0 fully saturated rings. The minimum Gasteiger partial charge on any atom is -0.436 e. The van der Waals surface area contributed by atoms with E-state index in [1.54, 1.807) is 0 Å². The van der Waals surface area contributed by atoms with Gasteiger partial charge in [0.2, 0.25) is 5.89 Å². The maximum atomic E-state index is 5.83. The van der Waals surface area contributed by atoms with Gasteiger partial charge in [0.1, 0.15) is 5.52 Å². The highest BCUT2D eigenvalue weighted by Crippen LogP contribution is 2.26. The standard InChI is InChI=1S/C15H14N2O/c1-10-4-2-7-13-14(10)18-15(17-13)12-6-3-5-11(8-12)9-16/h2-8H,9,16H2,1H3. The number of oxazole rings is 1. The molecule has 18 heavy (non-hydrogen) atoms. The zero-order valence-electron chi connectivity index (χ0n) is 10.2. The maximum Gasteiger partial charge on any atom is 0.227 e. The number of para-hydroxylation sites is 1. The smallest absolute Gasteiger partial charge is 0.227 e. The molecule has 2 aromatic carbocycles. The van der Waals surface area contributed by atoms with Gasteiger partial charge in [0.05, 0.1) is 0 Å². The van der Waals surface area contributed by atoms with Crippen LogP contribution in [-0.4, -0.2) is 4.98 Å². The van der Waals surface area contributed by atoms with Crippen molar-refractivity contribution in [1.82, 2.24) is 4.98 Å². The monoisotopic (exact) mass is 238 g/mol. The van der Waals surface area contributed by atoms with Gasteiger partial charge in [0.25, 0.3) is 0 Å². The van der Waals surface area contributed by atoms with Crippen LogP contribution in [0.15, 0.2) is 46.9 Å². The molecule has 3 nitrogen and oxygen atoms in total. The van der Waals surface area contributed by atoms with Gasteiger partial charge >= 0.3 is 0 Å². The lowest BCUT2D eigenvalue weighted by atomic mass is 10.1. The van der Waals surface area contributed by atoms with Gasteiger partial charge in [0, 0.05) is 12.1 Å². The zero-order chi connectivity index (χ0) is 12.5. The second kappa shape index (κ2) is 4.27. The molecule has 0 aliphatic heterocycles. The van der Waals surface area contributed by atoms with Gasteiger partial charge < -0.3 is 10.2 Å². The van der Waals surface area contributed by atoms with Crippen molar-refractivity contribution in [3.05, 3.63) is 53.6 Å². The predicted octanol–water partition coefficient (Wildman–Crippen LogP) is 3.26. The highest BCUT2D eigenvalue weighted by atomic mass is 16.3. The van der Waals surface area contributed by atoms with E-state index in [9.17, 15) is 0 Å². The summed E-state index contributed by atoms with van der Waals surface area (Å²) >= 11 is 0. The highest BCUT2D eigenvalue weighted by Gasteiger charge is 2.09. The lowest BCUT2D eigenvalue weighted by molar-refractivity contribution is 0.617. The summed E-state index contributed by atoms with van der Waals surface area (Å²) in [5, 5.41) is 0. The molecule has 0 spiro atoms. The number of fused-ring (bicyclic) bond motifs is 1. The third-order valence-electron chi connectivity index (χ3n) is 3.02. The van der Waals surface area contributed by atoms with Crippen molar-refractivity contribution in [2.45, 2.75) is 13.5 Å². The number of hydrogen-bond donors (Lipinski definition) is 1. The van der Waals surface area contributed by atoms with E-state index in [4.69, 9.17) is 10.2 Å². The van der Waals surface area contributed by atoms with Crippen LogP contribution in [0.1, 0.15) is 11.1 Å². The van der Waals surface area contributed by atoms with Gasteiger partial charge in [-0.2, -0.15) is 0 Å². The molecule has 2 N–H and O–H groups in total. The molecule has 1 heterocycles. The van der Waals surface area contributed by atoms with E-state index >= 15 is 0 Å².